The van der Waals surface area contributed by atoms with E-state index in [2.05, 4.69) is 72.3 Å². The molecule has 0 fully saturated rings. The van der Waals surface area contributed by atoms with Crippen LogP contribution in [0.4, 0.5) is 0 Å². The molecule has 3 aromatic rings. The van der Waals surface area contributed by atoms with Gasteiger partial charge in [0.2, 0.25) is 0 Å². The van der Waals surface area contributed by atoms with E-state index in [0.717, 1.165) is 17.8 Å². The second kappa shape index (κ2) is 16.9. The van der Waals surface area contributed by atoms with Gasteiger partial charge in [0.1, 0.15) is 6.61 Å². The van der Waals surface area contributed by atoms with Crippen molar-refractivity contribution in [2.24, 2.45) is 0 Å². The van der Waals surface area contributed by atoms with E-state index in [-0.39, 0.29) is 0 Å². The van der Waals surface area contributed by atoms with Crippen LogP contribution in [0.25, 0.3) is 11.4 Å². The molecule has 0 saturated heterocycles. The van der Waals surface area contributed by atoms with Crippen LogP contribution in [0.1, 0.15) is 108 Å². The van der Waals surface area contributed by atoms with Crippen LogP contribution in [-0.4, -0.2) is 9.97 Å². The van der Waals surface area contributed by atoms with Crippen LogP contribution >= 0.6 is 0 Å². The molecule has 3 nitrogen and oxygen atoms in total. The maximum Gasteiger partial charge on any atom is 0.159 e. The van der Waals surface area contributed by atoms with Crippen molar-refractivity contribution < 1.29 is 4.74 Å². The Labute approximate surface area is 219 Å². The first-order valence-corrected chi connectivity index (χ1v) is 14.4. The van der Waals surface area contributed by atoms with E-state index in [9.17, 15) is 0 Å². The van der Waals surface area contributed by atoms with Crippen molar-refractivity contribution in [2.75, 3.05) is 0 Å². The number of rotatable bonds is 18. The van der Waals surface area contributed by atoms with Gasteiger partial charge in [0.25, 0.3) is 0 Å². The smallest absolute Gasteiger partial charge is 0.159 e. The van der Waals surface area contributed by atoms with Crippen molar-refractivity contribution in [1.29, 1.82) is 0 Å². The summed E-state index contributed by atoms with van der Waals surface area (Å²) in [4.78, 5) is 9.07. The first kappa shape index (κ1) is 27.9. The Bertz CT molecular complexity index is 948. The Hall–Kier alpha value is -2.68. The van der Waals surface area contributed by atoms with Gasteiger partial charge in [-0.05, 0) is 42.4 Å². The largest absolute Gasteiger partial charge is 0.486 e. The number of hydrogen-bond acceptors (Lipinski definition) is 3. The molecule has 194 valence electrons. The fraction of sp³-hybridized carbons (Fsp3) is 0.515. The third-order valence-corrected chi connectivity index (χ3v) is 6.91. The zero-order valence-corrected chi connectivity index (χ0v) is 22.7. The van der Waals surface area contributed by atoms with E-state index in [4.69, 9.17) is 4.74 Å². The lowest BCUT2D eigenvalue weighted by molar-refractivity contribution is 0.303. The Kier molecular flexibility index (Phi) is 13.1. The summed E-state index contributed by atoms with van der Waals surface area (Å²) in [5, 5.41) is 0. The fourth-order valence-corrected chi connectivity index (χ4v) is 4.55. The van der Waals surface area contributed by atoms with Crippen LogP contribution in [0.3, 0.4) is 0 Å². The van der Waals surface area contributed by atoms with E-state index < -0.39 is 0 Å². The van der Waals surface area contributed by atoms with Crippen molar-refractivity contribution in [3.05, 3.63) is 77.6 Å². The molecule has 0 unspecified atom stereocenters. The minimum absolute atomic E-state index is 0.535. The molecular weight excluding hydrogens is 440 g/mol. The first-order chi connectivity index (χ1) is 17.8. The zero-order valence-electron chi connectivity index (χ0n) is 22.7. The third-order valence-electron chi connectivity index (χ3n) is 6.91. The standard InChI is InChI=1S/C33H46N2O/c1-3-5-7-9-10-12-14-16-29-21-23-31(24-22-29)33-34-25-32(26-35-33)36-27-30-19-17-28(18-20-30)15-13-11-8-6-4-2/h17-26H,3-16,27H2,1-2H3. The van der Waals surface area contributed by atoms with Crippen molar-refractivity contribution in [2.45, 2.75) is 110 Å². The van der Waals surface area contributed by atoms with E-state index in [1.165, 1.54) is 100 Å². The predicted molar refractivity (Wildman–Crippen MR) is 152 cm³/mol. The molecule has 0 radical (unpaired) electrons. The molecule has 0 aliphatic heterocycles. The number of hydrogen-bond donors (Lipinski definition) is 0. The summed E-state index contributed by atoms with van der Waals surface area (Å²) >= 11 is 0. The van der Waals surface area contributed by atoms with Gasteiger partial charge in [-0.2, -0.15) is 0 Å². The molecule has 3 rings (SSSR count). The predicted octanol–water partition coefficient (Wildman–Crippen LogP) is 9.53. The fourth-order valence-electron chi connectivity index (χ4n) is 4.55. The summed E-state index contributed by atoms with van der Waals surface area (Å²) in [6.45, 7) is 5.07. The third kappa shape index (κ3) is 10.5. The van der Waals surface area contributed by atoms with Gasteiger partial charge in [0, 0.05) is 5.56 Å². The summed E-state index contributed by atoms with van der Waals surface area (Å²) in [6, 6.07) is 17.5. The lowest BCUT2D eigenvalue weighted by Gasteiger charge is -2.08. The molecule has 0 N–H and O–H groups in total. The number of benzene rings is 2. The average molecular weight is 487 g/mol. The molecule has 3 heteroatoms. The highest BCUT2D eigenvalue weighted by Gasteiger charge is 2.04. The molecule has 0 aliphatic carbocycles. The van der Waals surface area contributed by atoms with E-state index in [1.54, 1.807) is 12.4 Å². The van der Waals surface area contributed by atoms with Crippen LogP contribution in [0.5, 0.6) is 5.75 Å². The van der Waals surface area contributed by atoms with Gasteiger partial charge in [0.05, 0.1) is 12.4 Å². The van der Waals surface area contributed by atoms with Gasteiger partial charge >= 0.3 is 0 Å². The van der Waals surface area contributed by atoms with Gasteiger partial charge in [-0.1, -0.05) is 127 Å². The number of aryl methyl sites for hydroxylation is 2. The summed E-state index contributed by atoms with van der Waals surface area (Å²) in [5.74, 6) is 1.45. The maximum atomic E-state index is 5.93. The average Bonchev–Trinajstić information content (AvgIpc) is 2.93. The van der Waals surface area contributed by atoms with Crippen LogP contribution in [0.2, 0.25) is 0 Å². The Morgan fingerprint density at radius 1 is 0.528 bits per heavy atom. The summed E-state index contributed by atoms with van der Waals surface area (Å²) < 4.78 is 5.93. The molecule has 0 amide bonds. The van der Waals surface area contributed by atoms with E-state index in [0.29, 0.717) is 12.4 Å². The van der Waals surface area contributed by atoms with Crippen LogP contribution < -0.4 is 4.74 Å². The molecule has 1 heterocycles. The number of aromatic nitrogens is 2. The van der Waals surface area contributed by atoms with Gasteiger partial charge in [-0.15, -0.1) is 0 Å². The monoisotopic (exact) mass is 486 g/mol. The summed E-state index contributed by atoms with van der Waals surface area (Å²) in [7, 11) is 0. The van der Waals surface area contributed by atoms with Crippen molar-refractivity contribution in [3.8, 4) is 17.1 Å². The molecule has 0 saturated carbocycles. The lowest BCUT2D eigenvalue weighted by atomic mass is 10.0. The van der Waals surface area contributed by atoms with Crippen LogP contribution in [-0.2, 0) is 19.4 Å². The number of ether oxygens (including phenoxy) is 1. The van der Waals surface area contributed by atoms with Crippen LogP contribution in [0.15, 0.2) is 60.9 Å². The molecular formula is C33H46N2O. The topological polar surface area (TPSA) is 35.0 Å². The molecule has 2 aromatic carbocycles. The maximum absolute atomic E-state index is 5.93. The lowest BCUT2D eigenvalue weighted by Crippen LogP contribution is -1.98. The van der Waals surface area contributed by atoms with E-state index >= 15 is 0 Å². The Balaban J connectivity index is 1.37. The minimum Gasteiger partial charge on any atom is -0.486 e. The molecule has 0 aliphatic rings. The van der Waals surface area contributed by atoms with Crippen molar-refractivity contribution in [3.63, 3.8) is 0 Å². The summed E-state index contributed by atoms with van der Waals surface area (Å²) in [5.41, 5.74) is 5.03. The quantitative estimate of drug-likeness (QED) is 0.168. The zero-order chi connectivity index (χ0) is 25.3. The number of nitrogens with zero attached hydrogens (tertiary/aromatic N) is 2. The Morgan fingerprint density at radius 2 is 0.972 bits per heavy atom. The Morgan fingerprint density at radius 3 is 1.50 bits per heavy atom. The van der Waals surface area contributed by atoms with E-state index in [1.807, 2.05) is 0 Å². The normalized spacial score (nSPS) is 11.1. The van der Waals surface area contributed by atoms with Crippen molar-refractivity contribution >= 4 is 0 Å². The van der Waals surface area contributed by atoms with Crippen LogP contribution in [0, 0.1) is 0 Å². The molecule has 36 heavy (non-hydrogen) atoms. The SMILES string of the molecule is CCCCCCCCCc1ccc(-c2ncc(OCc3ccc(CCCCCCC)cc3)cn2)cc1. The number of unbranched alkanes of at least 4 members (excludes halogenated alkanes) is 10. The van der Waals surface area contributed by atoms with Gasteiger partial charge in [0.15, 0.2) is 11.6 Å². The first-order valence-electron chi connectivity index (χ1n) is 14.4. The highest BCUT2D eigenvalue weighted by molar-refractivity contribution is 5.55. The second-order valence-corrected chi connectivity index (χ2v) is 10.1. The molecule has 1 aromatic heterocycles. The highest BCUT2D eigenvalue weighted by Crippen LogP contribution is 2.19. The van der Waals surface area contributed by atoms with Gasteiger partial charge < -0.3 is 4.74 Å². The van der Waals surface area contributed by atoms with Crippen molar-refractivity contribution in [1.82, 2.24) is 9.97 Å². The minimum atomic E-state index is 0.535. The molecule has 0 spiro atoms. The molecule has 0 atom stereocenters. The molecule has 0 bridgehead atoms. The van der Waals surface area contributed by atoms with Gasteiger partial charge in [-0.25, -0.2) is 9.97 Å². The summed E-state index contributed by atoms with van der Waals surface area (Å²) in [6.07, 6.45) is 21.9. The highest BCUT2D eigenvalue weighted by atomic mass is 16.5. The van der Waals surface area contributed by atoms with Gasteiger partial charge in [-0.3, -0.25) is 0 Å². The second-order valence-electron chi connectivity index (χ2n) is 10.1.